The van der Waals surface area contributed by atoms with Crippen molar-refractivity contribution in [3.05, 3.63) is 18.0 Å². The predicted octanol–water partition coefficient (Wildman–Crippen LogP) is 2.27. The quantitative estimate of drug-likeness (QED) is 0.708. The maximum atomic E-state index is 5.57. The second kappa shape index (κ2) is 8.83. The molecule has 1 aromatic heterocycles. The smallest absolute Gasteiger partial charge is 0.0589 e. The molecule has 148 valence electrons. The average Bonchev–Trinajstić information content (AvgIpc) is 3.22. The lowest BCUT2D eigenvalue weighted by Crippen LogP contribution is -2.45. The fourth-order valence-electron chi connectivity index (χ4n) is 4.69. The molecule has 1 aromatic rings. The Hall–Kier alpha value is -0.950. The molecule has 3 heterocycles. The van der Waals surface area contributed by atoms with Crippen molar-refractivity contribution in [3.63, 3.8) is 0 Å². The van der Waals surface area contributed by atoms with Crippen LogP contribution in [0, 0.1) is 11.3 Å². The Morgan fingerprint density at radius 1 is 1.19 bits per heavy atom. The standard InChI is InChI=1S/C20H36N4O2/c1-17(2)24-13-18(11-21-24)12-22-7-5-20(6-8-22)16-23(9-10-25-3)14-19(20)15-26-4/h11,13,17,19H,5-10,12,14-16H2,1-4H3. The number of aromatic nitrogens is 2. The highest BCUT2D eigenvalue weighted by Gasteiger charge is 2.47. The lowest BCUT2D eigenvalue weighted by Gasteiger charge is -2.42. The van der Waals surface area contributed by atoms with Gasteiger partial charge >= 0.3 is 0 Å². The van der Waals surface area contributed by atoms with Crippen molar-refractivity contribution >= 4 is 0 Å². The van der Waals surface area contributed by atoms with E-state index in [-0.39, 0.29) is 0 Å². The molecular formula is C20H36N4O2. The minimum Gasteiger partial charge on any atom is -0.384 e. The van der Waals surface area contributed by atoms with Crippen LogP contribution in [0.15, 0.2) is 12.4 Å². The van der Waals surface area contributed by atoms with Gasteiger partial charge in [-0.2, -0.15) is 5.10 Å². The maximum Gasteiger partial charge on any atom is 0.0589 e. The van der Waals surface area contributed by atoms with E-state index >= 15 is 0 Å². The molecule has 1 atom stereocenters. The second-order valence-electron chi connectivity index (χ2n) is 8.44. The SMILES string of the molecule is COCCN1CC(COC)C2(CCN(Cc3cnn(C(C)C)c3)CC2)C1. The predicted molar refractivity (Wildman–Crippen MR) is 103 cm³/mol. The summed E-state index contributed by atoms with van der Waals surface area (Å²) in [5.41, 5.74) is 1.75. The van der Waals surface area contributed by atoms with Gasteiger partial charge in [-0.15, -0.1) is 0 Å². The van der Waals surface area contributed by atoms with Gasteiger partial charge in [0.2, 0.25) is 0 Å². The van der Waals surface area contributed by atoms with Crippen molar-refractivity contribution < 1.29 is 9.47 Å². The summed E-state index contributed by atoms with van der Waals surface area (Å²) in [6, 6.07) is 0.430. The van der Waals surface area contributed by atoms with Gasteiger partial charge in [-0.1, -0.05) is 0 Å². The summed E-state index contributed by atoms with van der Waals surface area (Å²) in [5, 5.41) is 4.48. The topological polar surface area (TPSA) is 42.8 Å². The number of rotatable bonds is 8. The van der Waals surface area contributed by atoms with Crippen LogP contribution in [0.25, 0.3) is 0 Å². The zero-order valence-electron chi connectivity index (χ0n) is 17.0. The van der Waals surface area contributed by atoms with E-state index in [1.54, 1.807) is 7.11 Å². The summed E-state index contributed by atoms with van der Waals surface area (Å²) >= 11 is 0. The van der Waals surface area contributed by atoms with Gasteiger partial charge in [0.1, 0.15) is 0 Å². The molecule has 6 heteroatoms. The van der Waals surface area contributed by atoms with E-state index < -0.39 is 0 Å². The Morgan fingerprint density at radius 3 is 2.58 bits per heavy atom. The van der Waals surface area contributed by atoms with Crippen LogP contribution in [-0.2, 0) is 16.0 Å². The number of piperidine rings is 1. The van der Waals surface area contributed by atoms with E-state index in [0.717, 1.165) is 32.8 Å². The molecule has 0 bridgehead atoms. The zero-order chi connectivity index (χ0) is 18.6. The first kappa shape index (κ1) is 19.8. The van der Waals surface area contributed by atoms with Crippen LogP contribution in [-0.4, -0.2) is 79.7 Å². The van der Waals surface area contributed by atoms with Crippen molar-refractivity contribution in [1.29, 1.82) is 0 Å². The number of hydrogen-bond acceptors (Lipinski definition) is 5. The molecular weight excluding hydrogens is 328 g/mol. The van der Waals surface area contributed by atoms with Gasteiger partial charge in [0.25, 0.3) is 0 Å². The molecule has 2 aliphatic heterocycles. The van der Waals surface area contributed by atoms with Crippen LogP contribution in [0.5, 0.6) is 0 Å². The lowest BCUT2D eigenvalue weighted by molar-refractivity contribution is 0.0348. The molecule has 2 saturated heterocycles. The Morgan fingerprint density at radius 2 is 1.96 bits per heavy atom. The minimum absolute atomic E-state index is 0.419. The first-order valence-corrected chi connectivity index (χ1v) is 10.0. The van der Waals surface area contributed by atoms with Crippen molar-refractivity contribution in [3.8, 4) is 0 Å². The normalized spacial score (nSPS) is 24.1. The highest BCUT2D eigenvalue weighted by atomic mass is 16.5. The Labute approximate surface area is 158 Å². The molecule has 6 nitrogen and oxygen atoms in total. The highest BCUT2D eigenvalue weighted by molar-refractivity contribution is 5.06. The summed E-state index contributed by atoms with van der Waals surface area (Å²) < 4.78 is 12.9. The fraction of sp³-hybridized carbons (Fsp3) is 0.850. The number of likely N-dealkylation sites (tertiary alicyclic amines) is 2. The third-order valence-electron chi connectivity index (χ3n) is 6.30. The maximum absolute atomic E-state index is 5.57. The van der Waals surface area contributed by atoms with Gasteiger partial charge < -0.3 is 14.4 Å². The van der Waals surface area contributed by atoms with E-state index in [4.69, 9.17) is 9.47 Å². The molecule has 0 N–H and O–H groups in total. The average molecular weight is 365 g/mol. The van der Waals surface area contributed by atoms with Gasteiger partial charge in [-0.25, -0.2) is 0 Å². The second-order valence-corrected chi connectivity index (χ2v) is 8.44. The van der Waals surface area contributed by atoms with Crippen LogP contribution in [0.4, 0.5) is 0 Å². The van der Waals surface area contributed by atoms with Crippen LogP contribution < -0.4 is 0 Å². The molecule has 0 saturated carbocycles. The van der Waals surface area contributed by atoms with Crippen LogP contribution in [0.2, 0.25) is 0 Å². The van der Waals surface area contributed by atoms with Crippen molar-refractivity contribution in [2.45, 2.75) is 39.3 Å². The molecule has 2 aliphatic rings. The van der Waals surface area contributed by atoms with E-state index in [2.05, 4.69) is 39.6 Å². The summed E-state index contributed by atoms with van der Waals surface area (Å²) in [6.45, 7) is 12.8. The van der Waals surface area contributed by atoms with Crippen molar-refractivity contribution in [1.82, 2.24) is 19.6 Å². The molecule has 0 amide bonds. The molecule has 26 heavy (non-hydrogen) atoms. The number of hydrogen-bond donors (Lipinski definition) is 0. The molecule has 0 aliphatic carbocycles. The largest absolute Gasteiger partial charge is 0.384 e. The van der Waals surface area contributed by atoms with Gasteiger partial charge in [0.15, 0.2) is 0 Å². The molecule has 1 unspecified atom stereocenters. The van der Waals surface area contributed by atoms with Crippen LogP contribution in [0.1, 0.15) is 38.3 Å². The highest BCUT2D eigenvalue weighted by Crippen LogP contribution is 2.44. The number of nitrogens with zero attached hydrogens (tertiary/aromatic N) is 4. The summed E-state index contributed by atoms with van der Waals surface area (Å²) in [5.74, 6) is 0.648. The van der Waals surface area contributed by atoms with Gasteiger partial charge in [0, 0.05) is 64.1 Å². The molecule has 0 radical (unpaired) electrons. The van der Waals surface area contributed by atoms with E-state index in [0.29, 0.717) is 17.4 Å². The zero-order valence-corrected chi connectivity index (χ0v) is 17.0. The molecule has 1 spiro atoms. The van der Waals surface area contributed by atoms with Crippen LogP contribution in [0.3, 0.4) is 0 Å². The third-order valence-corrected chi connectivity index (χ3v) is 6.30. The minimum atomic E-state index is 0.419. The summed E-state index contributed by atoms with van der Waals surface area (Å²) in [4.78, 5) is 5.17. The van der Waals surface area contributed by atoms with E-state index in [1.807, 2.05) is 13.3 Å². The van der Waals surface area contributed by atoms with Gasteiger partial charge in [0.05, 0.1) is 19.4 Å². The Bertz CT molecular complexity index is 552. The Kier molecular flexibility index (Phi) is 6.72. The fourth-order valence-corrected chi connectivity index (χ4v) is 4.69. The summed E-state index contributed by atoms with van der Waals surface area (Å²) in [6.07, 6.45) is 6.76. The lowest BCUT2D eigenvalue weighted by atomic mass is 9.71. The van der Waals surface area contributed by atoms with Gasteiger partial charge in [-0.05, 0) is 45.2 Å². The Balaban J connectivity index is 1.56. The number of ether oxygens (including phenoxy) is 2. The molecule has 2 fully saturated rings. The molecule has 0 aromatic carbocycles. The molecule has 3 rings (SSSR count). The third kappa shape index (κ3) is 4.47. The number of methoxy groups -OCH3 is 2. The van der Waals surface area contributed by atoms with Gasteiger partial charge in [-0.3, -0.25) is 9.58 Å². The van der Waals surface area contributed by atoms with E-state index in [1.165, 1.54) is 38.0 Å². The van der Waals surface area contributed by atoms with E-state index in [9.17, 15) is 0 Å². The first-order valence-electron chi connectivity index (χ1n) is 10.0. The monoisotopic (exact) mass is 364 g/mol. The first-order chi connectivity index (χ1) is 12.6. The summed E-state index contributed by atoms with van der Waals surface area (Å²) in [7, 11) is 3.63. The van der Waals surface area contributed by atoms with Crippen LogP contribution >= 0.6 is 0 Å². The van der Waals surface area contributed by atoms with Crippen molar-refractivity contribution in [2.24, 2.45) is 11.3 Å². The van der Waals surface area contributed by atoms with Crippen molar-refractivity contribution in [2.75, 3.05) is 60.2 Å².